The molecule has 188 valence electrons. The molecule has 0 fully saturated rings. The Labute approximate surface area is 213 Å². The van der Waals surface area contributed by atoms with Gasteiger partial charge in [0.1, 0.15) is 23.3 Å². The highest BCUT2D eigenvalue weighted by Crippen LogP contribution is 2.24. The Balaban J connectivity index is 0.000000319. The fourth-order valence-electron chi connectivity index (χ4n) is 3.52. The molecule has 0 radical (unpaired) electrons. The minimum Gasteiger partial charge on any atom is -0.483 e. The molecule has 8 N–H and O–H groups in total. The standard InChI is InChI=1S/C21H22N4O2.C5H5N5/c1-3-19-24-17-11-7-10-16(14(13-22)12-18(23)27-2)20(17)21(26)25(19)15-8-5-4-6-9-15;6-1-3-2-9-5(8)10-4(3)7/h4-13H,3,22-23H2,1-2H3;2H,(H4,7,8,9,10)/b14-13+,18-12+;. The number of hydrogen-bond acceptors (Lipinski definition) is 10. The summed E-state index contributed by atoms with van der Waals surface area (Å²) in [7, 11) is 1.47. The molecule has 2 aromatic carbocycles. The van der Waals surface area contributed by atoms with E-state index in [1.165, 1.54) is 19.5 Å². The average Bonchev–Trinajstić information content (AvgIpc) is 2.92. The molecule has 0 spiro atoms. The summed E-state index contributed by atoms with van der Waals surface area (Å²) in [6.45, 7) is 1.98. The highest BCUT2D eigenvalue weighted by molar-refractivity contribution is 5.94. The molecule has 0 aliphatic heterocycles. The van der Waals surface area contributed by atoms with Crippen LogP contribution in [0.2, 0.25) is 0 Å². The van der Waals surface area contributed by atoms with Crippen LogP contribution >= 0.6 is 0 Å². The second-order valence-electron chi connectivity index (χ2n) is 7.57. The number of benzene rings is 2. The number of nitrogens with zero attached hydrogens (tertiary/aromatic N) is 5. The third-order valence-corrected chi connectivity index (χ3v) is 5.28. The van der Waals surface area contributed by atoms with Gasteiger partial charge in [-0.15, -0.1) is 0 Å². The maximum atomic E-state index is 13.5. The molecule has 0 aliphatic rings. The van der Waals surface area contributed by atoms with Gasteiger partial charge in [0.2, 0.25) is 5.95 Å². The van der Waals surface area contributed by atoms with Gasteiger partial charge in [-0.1, -0.05) is 37.3 Å². The molecule has 11 nitrogen and oxygen atoms in total. The van der Waals surface area contributed by atoms with Gasteiger partial charge in [-0.3, -0.25) is 9.36 Å². The molecule has 37 heavy (non-hydrogen) atoms. The normalized spacial score (nSPS) is 11.4. The van der Waals surface area contributed by atoms with Crippen molar-refractivity contribution in [2.45, 2.75) is 13.3 Å². The molecule has 0 amide bonds. The van der Waals surface area contributed by atoms with Gasteiger partial charge in [-0.2, -0.15) is 10.2 Å². The van der Waals surface area contributed by atoms with Gasteiger partial charge in [-0.25, -0.2) is 9.97 Å². The third kappa shape index (κ3) is 5.83. The first-order valence-corrected chi connectivity index (χ1v) is 11.2. The lowest BCUT2D eigenvalue weighted by molar-refractivity contribution is 0.288. The van der Waals surface area contributed by atoms with Gasteiger partial charge >= 0.3 is 0 Å². The van der Waals surface area contributed by atoms with Crippen molar-refractivity contribution in [3.63, 3.8) is 0 Å². The summed E-state index contributed by atoms with van der Waals surface area (Å²) < 4.78 is 6.66. The summed E-state index contributed by atoms with van der Waals surface area (Å²) in [6, 6.07) is 16.8. The molecule has 2 aromatic heterocycles. The maximum Gasteiger partial charge on any atom is 0.266 e. The number of fused-ring (bicyclic) bond motifs is 1. The van der Waals surface area contributed by atoms with Crippen molar-refractivity contribution in [2.75, 3.05) is 18.6 Å². The Bertz CT molecular complexity index is 1570. The topological polar surface area (TPSA) is 198 Å². The molecule has 2 heterocycles. The zero-order valence-electron chi connectivity index (χ0n) is 20.4. The average molecular weight is 498 g/mol. The number of methoxy groups -OCH3 is 1. The predicted octanol–water partition coefficient (Wildman–Crippen LogP) is 2.21. The summed E-state index contributed by atoms with van der Waals surface area (Å²) in [6.07, 6.45) is 4.91. The van der Waals surface area contributed by atoms with Gasteiger partial charge in [0.25, 0.3) is 5.56 Å². The molecular weight excluding hydrogens is 470 g/mol. The molecule has 11 heteroatoms. The van der Waals surface area contributed by atoms with Crippen LogP contribution in [0.25, 0.3) is 22.2 Å². The largest absolute Gasteiger partial charge is 0.483 e. The van der Waals surface area contributed by atoms with E-state index in [1.807, 2.05) is 61.5 Å². The molecule has 0 atom stereocenters. The van der Waals surface area contributed by atoms with Crippen LogP contribution in [0.15, 0.2) is 77.7 Å². The minimum absolute atomic E-state index is 0.0801. The van der Waals surface area contributed by atoms with E-state index in [0.717, 1.165) is 5.69 Å². The van der Waals surface area contributed by atoms with Crippen LogP contribution in [0.3, 0.4) is 0 Å². The number of aromatic nitrogens is 4. The van der Waals surface area contributed by atoms with E-state index in [9.17, 15) is 4.79 Å². The van der Waals surface area contributed by atoms with E-state index >= 15 is 0 Å². The van der Waals surface area contributed by atoms with Crippen LogP contribution in [0.5, 0.6) is 0 Å². The first-order valence-electron chi connectivity index (χ1n) is 11.2. The second kappa shape index (κ2) is 11.9. The summed E-state index contributed by atoms with van der Waals surface area (Å²) in [5, 5.41) is 8.84. The lowest BCUT2D eigenvalue weighted by atomic mass is 10.0. The SMILES string of the molecule is CCc1nc2cccc(C(/C=C(\N)OC)=C/N)c2c(=O)n1-c1ccccc1.N#Cc1cnc(N)nc1N. The molecule has 0 unspecified atom stereocenters. The summed E-state index contributed by atoms with van der Waals surface area (Å²) in [5.74, 6) is 1.10. The van der Waals surface area contributed by atoms with Crippen molar-refractivity contribution >= 4 is 28.2 Å². The summed E-state index contributed by atoms with van der Waals surface area (Å²) >= 11 is 0. The number of aryl methyl sites for hydroxylation is 1. The fourth-order valence-corrected chi connectivity index (χ4v) is 3.52. The van der Waals surface area contributed by atoms with Crippen LogP contribution in [0.4, 0.5) is 11.8 Å². The van der Waals surface area contributed by atoms with Crippen LogP contribution in [0.1, 0.15) is 23.9 Å². The Morgan fingerprint density at radius 2 is 1.86 bits per heavy atom. The number of ether oxygens (including phenoxy) is 1. The molecule has 0 saturated heterocycles. The van der Waals surface area contributed by atoms with E-state index in [-0.39, 0.29) is 28.8 Å². The monoisotopic (exact) mass is 497 g/mol. The van der Waals surface area contributed by atoms with Crippen molar-refractivity contribution in [1.82, 2.24) is 19.5 Å². The number of allylic oxidation sites excluding steroid dienone is 2. The molecular formula is C26H27N9O2. The number of anilines is 2. The maximum absolute atomic E-state index is 13.5. The van der Waals surface area contributed by atoms with Crippen molar-refractivity contribution in [3.05, 3.63) is 100 Å². The van der Waals surface area contributed by atoms with E-state index < -0.39 is 0 Å². The number of nitriles is 1. The summed E-state index contributed by atoms with van der Waals surface area (Å²) in [5.41, 5.74) is 24.8. The first kappa shape index (κ1) is 26.2. The lowest BCUT2D eigenvalue weighted by Crippen LogP contribution is -2.24. The van der Waals surface area contributed by atoms with Crippen molar-refractivity contribution in [3.8, 4) is 11.8 Å². The van der Waals surface area contributed by atoms with Crippen LogP contribution in [0, 0.1) is 11.3 Å². The van der Waals surface area contributed by atoms with Crippen molar-refractivity contribution in [2.24, 2.45) is 11.5 Å². The molecule has 0 saturated carbocycles. The zero-order valence-corrected chi connectivity index (χ0v) is 20.4. The smallest absolute Gasteiger partial charge is 0.266 e. The summed E-state index contributed by atoms with van der Waals surface area (Å²) in [4.78, 5) is 25.3. The number of hydrogen-bond donors (Lipinski definition) is 4. The van der Waals surface area contributed by atoms with Crippen molar-refractivity contribution in [1.29, 1.82) is 5.26 Å². The first-order chi connectivity index (χ1) is 17.8. The Morgan fingerprint density at radius 1 is 1.14 bits per heavy atom. The Hall–Kier alpha value is -5.37. The van der Waals surface area contributed by atoms with Gasteiger partial charge in [0.15, 0.2) is 5.88 Å². The van der Waals surface area contributed by atoms with E-state index in [0.29, 0.717) is 34.3 Å². The van der Waals surface area contributed by atoms with Crippen LogP contribution in [-0.2, 0) is 11.2 Å². The number of rotatable bonds is 5. The van der Waals surface area contributed by atoms with Crippen LogP contribution < -0.4 is 28.5 Å². The Kier molecular flexibility index (Phi) is 8.41. The van der Waals surface area contributed by atoms with Gasteiger partial charge in [0.05, 0.1) is 29.9 Å². The fraction of sp³-hybridized carbons (Fsp3) is 0.115. The minimum atomic E-state index is -0.151. The highest BCUT2D eigenvalue weighted by atomic mass is 16.5. The van der Waals surface area contributed by atoms with Gasteiger partial charge in [0, 0.05) is 24.3 Å². The Morgan fingerprint density at radius 3 is 2.46 bits per heavy atom. The lowest BCUT2D eigenvalue weighted by Gasteiger charge is -2.14. The van der Waals surface area contributed by atoms with Crippen LogP contribution in [-0.4, -0.2) is 26.6 Å². The van der Waals surface area contributed by atoms with Gasteiger partial charge in [-0.05, 0) is 23.8 Å². The molecule has 0 bridgehead atoms. The second-order valence-corrected chi connectivity index (χ2v) is 7.57. The van der Waals surface area contributed by atoms with E-state index in [4.69, 9.17) is 37.9 Å². The van der Waals surface area contributed by atoms with Crippen molar-refractivity contribution < 1.29 is 4.74 Å². The van der Waals surface area contributed by atoms with Gasteiger partial charge < -0.3 is 27.7 Å². The van der Waals surface area contributed by atoms with E-state index in [2.05, 4.69) is 9.97 Å². The van der Waals surface area contributed by atoms with E-state index in [1.54, 1.807) is 10.6 Å². The third-order valence-electron chi connectivity index (χ3n) is 5.28. The quantitative estimate of drug-likeness (QED) is 0.234. The number of nitrogens with two attached hydrogens (primary N) is 4. The molecule has 4 aromatic rings. The highest BCUT2D eigenvalue weighted by Gasteiger charge is 2.16. The zero-order chi connectivity index (χ0) is 26.9. The predicted molar refractivity (Wildman–Crippen MR) is 144 cm³/mol. The molecule has 0 aliphatic carbocycles. The number of para-hydroxylation sites is 1. The number of nitrogen functional groups attached to an aromatic ring is 2. The molecule has 4 rings (SSSR count).